The molecule has 0 saturated carbocycles. The molecule has 0 aliphatic rings. The molecule has 0 atom stereocenters. The second-order valence-corrected chi connectivity index (χ2v) is 0.105. The Morgan fingerprint density at radius 3 is 1.50 bits per heavy atom. The van der Waals surface area contributed by atoms with Crippen molar-refractivity contribution in [3.05, 3.63) is 0 Å². The van der Waals surface area contributed by atoms with E-state index >= 15 is 0 Å². The fraction of sp³-hybridized carbons (Fsp3) is 0. The lowest BCUT2D eigenvalue weighted by Crippen LogP contribution is -1.72. The molecule has 7 N–H and O–H groups in total. The lowest BCUT2D eigenvalue weighted by Gasteiger charge is -1.34. The SMILES string of the molecule is N.NO.O=CO. The molecule has 5 nitrogen and oxygen atoms in total. The third-order valence-corrected chi connectivity index (χ3v) is 0. The van der Waals surface area contributed by atoms with Crippen molar-refractivity contribution < 1.29 is 15.1 Å². The lowest BCUT2D eigenvalue weighted by atomic mass is 11.7. The normalized spacial score (nSPS) is 3.00. The highest BCUT2D eigenvalue weighted by atomic mass is 16.4. The predicted molar refractivity (Wildman–Crippen MR) is 19.7 cm³/mol. The number of carbonyl (C=O) groups is 1. The highest BCUT2D eigenvalue weighted by Gasteiger charge is 1.22. The molecule has 0 aromatic heterocycles. The Kier molecular flexibility index (Phi) is 1220. The fourth-order valence-electron chi connectivity index (χ4n) is 0. The summed E-state index contributed by atoms with van der Waals surface area (Å²) in [6, 6.07) is 0. The van der Waals surface area contributed by atoms with Crippen LogP contribution < -0.4 is 12.0 Å². The van der Waals surface area contributed by atoms with Crippen LogP contribution in [-0.4, -0.2) is 16.8 Å². The second kappa shape index (κ2) is 399. The molecule has 6 heavy (non-hydrogen) atoms. The van der Waals surface area contributed by atoms with Gasteiger partial charge in [0.15, 0.2) is 0 Å². The largest absolute Gasteiger partial charge is 0.483 e. The van der Waals surface area contributed by atoms with Crippen molar-refractivity contribution in [1.82, 2.24) is 6.15 Å². The summed E-state index contributed by atoms with van der Waals surface area (Å²) in [7, 11) is 0. The maximum Gasteiger partial charge on any atom is 0.290 e. The topological polar surface area (TPSA) is 119 Å². The van der Waals surface area contributed by atoms with Crippen LogP contribution >= 0.6 is 0 Å². The van der Waals surface area contributed by atoms with Crippen LogP contribution in [0.15, 0.2) is 0 Å². The molecule has 0 saturated heterocycles. The molecule has 0 radical (unpaired) electrons. The second-order valence-electron chi connectivity index (χ2n) is 0.105. The van der Waals surface area contributed by atoms with Crippen molar-refractivity contribution in [1.29, 1.82) is 0 Å². The van der Waals surface area contributed by atoms with Crippen LogP contribution in [-0.2, 0) is 4.79 Å². The highest BCUT2D eigenvalue weighted by Crippen LogP contribution is 0.966. The fourth-order valence-corrected chi connectivity index (χ4v) is 0. The molecule has 0 spiro atoms. The standard InChI is InChI=1S/CH2O2.H3NO.H3N/c2-1-3;1-2;/h1H,(H,2,3);2H,1H2;1H3. The van der Waals surface area contributed by atoms with E-state index in [1.165, 1.54) is 0 Å². The molecule has 5 heteroatoms. The molecule has 40 valence electrons. The van der Waals surface area contributed by atoms with Crippen LogP contribution in [0.5, 0.6) is 0 Å². The van der Waals surface area contributed by atoms with Crippen molar-refractivity contribution >= 4 is 6.47 Å². The van der Waals surface area contributed by atoms with Gasteiger partial charge in [-0.05, 0) is 0 Å². The zero-order valence-electron chi connectivity index (χ0n) is 3.16. The van der Waals surface area contributed by atoms with Gasteiger partial charge in [0, 0.05) is 0 Å². The third kappa shape index (κ3) is 43.8. The Labute approximate surface area is 34.9 Å². The number of carboxylic acid groups (broad SMARTS) is 1. The van der Waals surface area contributed by atoms with Gasteiger partial charge in [-0.25, -0.2) is 5.90 Å². The van der Waals surface area contributed by atoms with Gasteiger partial charge in [0.25, 0.3) is 6.47 Å². The van der Waals surface area contributed by atoms with Gasteiger partial charge in [0.05, 0.1) is 0 Å². The van der Waals surface area contributed by atoms with Crippen molar-refractivity contribution in [2.45, 2.75) is 0 Å². The van der Waals surface area contributed by atoms with E-state index < -0.39 is 0 Å². The molecule has 0 heterocycles. The monoisotopic (exact) mass is 96.1 g/mol. The van der Waals surface area contributed by atoms with E-state index in [1.54, 1.807) is 0 Å². The van der Waals surface area contributed by atoms with Gasteiger partial charge in [-0.2, -0.15) is 0 Å². The van der Waals surface area contributed by atoms with Crippen molar-refractivity contribution in [2.75, 3.05) is 0 Å². The molecule has 0 aliphatic heterocycles. The molecule has 0 rings (SSSR count). The Morgan fingerprint density at radius 1 is 1.50 bits per heavy atom. The highest BCUT2D eigenvalue weighted by molar-refractivity contribution is 5.32. The van der Waals surface area contributed by atoms with Gasteiger partial charge in [0.1, 0.15) is 0 Å². The van der Waals surface area contributed by atoms with Crippen molar-refractivity contribution in [3.63, 3.8) is 0 Å². The van der Waals surface area contributed by atoms with Crippen LogP contribution in [0.3, 0.4) is 0 Å². The van der Waals surface area contributed by atoms with Crippen molar-refractivity contribution in [2.24, 2.45) is 5.90 Å². The maximum absolute atomic E-state index is 8.36. The summed E-state index contributed by atoms with van der Waals surface area (Å²) in [5, 5.41) is 13.4. The first-order chi connectivity index (χ1) is 2.41. The first-order valence-corrected chi connectivity index (χ1v) is 0.752. The average Bonchev–Trinajstić information content (AvgIpc) is 1.46. The van der Waals surface area contributed by atoms with E-state index in [4.69, 9.17) is 15.1 Å². The quantitative estimate of drug-likeness (QED) is 0.232. The van der Waals surface area contributed by atoms with E-state index in [2.05, 4.69) is 5.90 Å². The van der Waals surface area contributed by atoms with Crippen LogP contribution in [0, 0.1) is 0 Å². The smallest absolute Gasteiger partial charge is 0.290 e. The maximum atomic E-state index is 8.36. The predicted octanol–water partition coefficient (Wildman–Crippen LogP) is -0.803. The Bertz CT molecular complexity index is 16.3. The van der Waals surface area contributed by atoms with Gasteiger partial charge in [-0.3, -0.25) is 4.79 Å². The molecule has 0 bridgehead atoms. The van der Waals surface area contributed by atoms with Gasteiger partial charge in [-0.1, -0.05) is 0 Å². The lowest BCUT2D eigenvalue weighted by molar-refractivity contribution is -0.122. The zero-order valence-corrected chi connectivity index (χ0v) is 3.16. The third-order valence-electron chi connectivity index (χ3n) is 0. The van der Waals surface area contributed by atoms with Crippen molar-refractivity contribution in [3.8, 4) is 0 Å². The minimum absolute atomic E-state index is 0. The van der Waals surface area contributed by atoms with E-state index in [0.717, 1.165) is 0 Å². The van der Waals surface area contributed by atoms with Crippen LogP contribution in [0.25, 0.3) is 0 Å². The Hall–Kier alpha value is -0.650. The zero-order chi connectivity index (χ0) is 4.71. The molecule has 0 aliphatic carbocycles. The summed E-state index contributed by atoms with van der Waals surface area (Å²) >= 11 is 0. The van der Waals surface area contributed by atoms with Crippen LogP contribution in [0.2, 0.25) is 0 Å². The van der Waals surface area contributed by atoms with E-state index in [1.807, 2.05) is 0 Å². The first kappa shape index (κ1) is 18.3. The van der Waals surface area contributed by atoms with Gasteiger partial charge in [0.2, 0.25) is 0 Å². The molecular weight excluding hydrogens is 88.0 g/mol. The summed E-state index contributed by atoms with van der Waals surface area (Å²) in [5.74, 6) is 3.50. The molecule has 0 amide bonds. The summed E-state index contributed by atoms with van der Waals surface area (Å²) in [6.45, 7) is -0.250. The Balaban J connectivity index is -0.0000000275. The molecule has 0 aromatic rings. The molecule has 0 aromatic carbocycles. The Morgan fingerprint density at radius 2 is 1.50 bits per heavy atom. The number of hydrogen-bond donors (Lipinski definition) is 4. The summed E-state index contributed by atoms with van der Waals surface area (Å²) in [4.78, 5) is 8.36. The summed E-state index contributed by atoms with van der Waals surface area (Å²) in [6.07, 6.45) is 0. The number of hydrogen-bond acceptors (Lipinski definition) is 4. The van der Waals surface area contributed by atoms with E-state index in [-0.39, 0.29) is 12.6 Å². The molecule has 0 fully saturated rings. The number of rotatable bonds is 0. The first-order valence-electron chi connectivity index (χ1n) is 0.752. The van der Waals surface area contributed by atoms with Gasteiger partial charge < -0.3 is 16.5 Å². The average molecular weight is 96.1 g/mol. The summed E-state index contributed by atoms with van der Waals surface area (Å²) < 4.78 is 0. The van der Waals surface area contributed by atoms with Crippen LogP contribution in [0.1, 0.15) is 0 Å². The number of nitrogens with two attached hydrogens (primary N) is 1. The minimum atomic E-state index is -0.250. The summed E-state index contributed by atoms with van der Waals surface area (Å²) in [5.41, 5.74) is 0. The van der Waals surface area contributed by atoms with Gasteiger partial charge in [-0.15, -0.1) is 0 Å². The minimum Gasteiger partial charge on any atom is -0.483 e. The molecule has 0 unspecified atom stereocenters. The van der Waals surface area contributed by atoms with E-state index in [0.29, 0.717) is 0 Å². The van der Waals surface area contributed by atoms with Crippen LogP contribution in [0.4, 0.5) is 0 Å². The molecular formula is CH8N2O3. The van der Waals surface area contributed by atoms with Gasteiger partial charge >= 0.3 is 0 Å². The van der Waals surface area contributed by atoms with E-state index in [9.17, 15) is 0 Å².